The highest BCUT2D eigenvalue weighted by molar-refractivity contribution is 6.01. The first-order chi connectivity index (χ1) is 9.16. The Kier molecular flexibility index (Phi) is 4.22. The first-order valence-corrected chi connectivity index (χ1v) is 6.12. The van der Waals surface area contributed by atoms with Crippen molar-refractivity contribution >= 4 is 17.8 Å². The summed E-state index contributed by atoms with van der Waals surface area (Å²) in [5, 5.41) is 0.578. The number of aryl methyl sites for hydroxylation is 1. The van der Waals surface area contributed by atoms with E-state index in [9.17, 15) is 14.4 Å². The minimum atomic E-state index is -0.558. The van der Waals surface area contributed by atoms with Gasteiger partial charge in [0.1, 0.15) is 0 Å². The molecular formula is C13H14N2O4. The Balaban J connectivity index is 1.73. The molecule has 1 aromatic heterocycles. The second-order valence-corrected chi connectivity index (χ2v) is 4.25. The van der Waals surface area contributed by atoms with Crippen LogP contribution in [0.4, 0.5) is 0 Å². The molecule has 1 aliphatic rings. The van der Waals surface area contributed by atoms with E-state index < -0.39 is 17.8 Å². The van der Waals surface area contributed by atoms with Crippen molar-refractivity contribution in [3.05, 3.63) is 30.1 Å². The summed E-state index contributed by atoms with van der Waals surface area (Å²) < 4.78 is 0. The molecule has 19 heavy (non-hydrogen) atoms. The van der Waals surface area contributed by atoms with Crippen LogP contribution in [-0.4, -0.2) is 27.8 Å². The molecular weight excluding hydrogens is 248 g/mol. The number of aromatic nitrogens is 1. The molecule has 2 amide bonds. The summed E-state index contributed by atoms with van der Waals surface area (Å²) in [7, 11) is 0. The van der Waals surface area contributed by atoms with Crippen LogP contribution in [0, 0.1) is 0 Å². The van der Waals surface area contributed by atoms with E-state index in [0.717, 1.165) is 12.0 Å². The highest BCUT2D eigenvalue weighted by atomic mass is 16.7. The summed E-state index contributed by atoms with van der Waals surface area (Å²) in [5.74, 6) is -1.46. The van der Waals surface area contributed by atoms with Crippen LogP contribution in [0.5, 0.6) is 0 Å². The molecule has 100 valence electrons. The number of hydrogen-bond donors (Lipinski definition) is 0. The van der Waals surface area contributed by atoms with E-state index in [1.165, 1.54) is 0 Å². The molecule has 0 bridgehead atoms. The Bertz CT molecular complexity index is 471. The van der Waals surface area contributed by atoms with Gasteiger partial charge in [-0.2, -0.15) is 0 Å². The van der Waals surface area contributed by atoms with Crippen LogP contribution in [0.25, 0.3) is 0 Å². The van der Waals surface area contributed by atoms with Gasteiger partial charge >= 0.3 is 5.97 Å². The first kappa shape index (κ1) is 13.2. The van der Waals surface area contributed by atoms with Crippen LogP contribution in [0.2, 0.25) is 0 Å². The Morgan fingerprint density at radius 3 is 2.47 bits per heavy atom. The quantitative estimate of drug-likeness (QED) is 0.740. The van der Waals surface area contributed by atoms with Crippen LogP contribution in [0.3, 0.4) is 0 Å². The zero-order valence-electron chi connectivity index (χ0n) is 10.4. The standard InChI is InChI=1S/C13H14N2O4/c16-11-4-5-12(17)15(11)19-13(18)3-1-2-10-6-8-14-9-7-10/h6-9H,1-5H2. The van der Waals surface area contributed by atoms with Crippen LogP contribution < -0.4 is 0 Å². The van der Waals surface area contributed by atoms with Gasteiger partial charge in [-0.05, 0) is 30.5 Å². The van der Waals surface area contributed by atoms with Crippen molar-refractivity contribution in [3.8, 4) is 0 Å². The number of nitrogens with zero attached hydrogens (tertiary/aromatic N) is 2. The van der Waals surface area contributed by atoms with Crippen LogP contribution in [-0.2, 0) is 25.6 Å². The number of hydrogen-bond acceptors (Lipinski definition) is 5. The van der Waals surface area contributed by atoms with Gasteiger partial charge in [0.2, 0.25) is 0 Å². The summed E-state index contributed by atoms with van der Waals surface area (Å²) in [4.78, 5) is 42.6. The van der Waals surface area contributed by atoms with Crippen molar-refractivity contribution in [2.45, 2.75) is 32.1 Å². The van der Waals surface area contributed by atoms with Gasteiger partial charge in [-0.15, -0.1) is 5.06 Å². The number of amides is 2. The van der Waals surface area contributed by atoms with Gasteiger partial charge in [-0.1, -0.05) is 0 Å². The van der Waals surface area contributed by atoms with Gasteiger partial charge in [0.25, 0.3) is 11.8 Å². The van der Waals surface area contributed by atoms with Crippen LogP contribution in [0.1, 0.15) is 31.2 Å². The number of imide groups is 1. The Labute approximate surface area is 110 Å². The third kappa shape index (κ3) is 3.61. The third-order valence-corrected chi connectivity index (χ3v) is 2.79. The monoisotopic (exact) mass is 262 g/mol. The van der Waals surface area contributed by atoms with E-state index in [4.69, 9.17) is 4.84 Å². The van der Waals surface area contributed by atoms with Gasteiger partial charge in [0.15, 0.2) is 0 Å². The van der Waals surface area contributed by atoms with Crippen molar-refractivity contribution in [1.82, 2.24) is 10.0 Å². The molecule has 0 spiro atoms. The number of carbonyl (C=O) groups is 3. The summed E-state index contributed by atoms with van der Waals surface area (Å²) in [6.45, 7) is 0. The fourth-order valence-corrected chi connectivity index (χ4v) is 1.79. The molecule has 2 heterocycles. The van der Waals surface area contributed by atoms with Crippen molar-refractivity contribution in [3.63, 3.8) is 0 Å². The maximum absolute atomic E-state index is 11.5. The normalized spacial score (nSPS) is 14.8. The van der Waals surface area contributed by atoms with E-state index in [1.807, 2.05) is 12.1 Å². The lowest BCUT2D eigenvalue weighted by Crippen LogP contribution is -2.31. The molecule has 0 aromatic carbocycles. The highest BCUT2D eigenvalue weighted by Gasteiger charge is 2.32. The van der Waals surface area contributed by atoms with E-state index in [-0.39, 0.29) is 19.3 Å². The predicted octanol–water partition coefficient (Wildman–Crippen LogP) is 1.01. The minimum Gasteiger partial charge on any atom is -0.330 e. The number of carbonyl (C=O) groups excluding carboxylic acids is 3. The maximum atomic E-state index is 11.5. The van der Waals surface area contributed by atoms with Crippen molar-refractivity contribution in [1.29, 1.82) is 0 Å². The smallest absolute Gasteiger partial charge is 0.330 e. The zero-order valence-corrected chi connectivity index (χ0v) is 10.4. The average molecular weight is 262 g/mol. The topological polar surface area (TPSA) is 76.6 Å². The highest BCUT2D eigenvalue weighted by Crippen LogP contribution is 2.13. The van der Waals surface area contributed by atoms with E-state index in [0.29, 0.717) is 11.5 Å². The van der Waals surface area contributed by atoms with Gasteiger partial charge < -0.3 is 4.84 Å². The third-order valence-electron chi connectivity index (χ3n) is 2.79. The van der Waals surface area contributed by atoms with E-state index in [1.54, 1.807) is 12.4 Å². The summed E-state index contributed by atoms with van der Waals surface area (Å²) >= 11 is 0. The molecule has 6 heteroatoms. The lowest BCUT2D eigenvalue weighted by Gasteiger charge is -2.12. The first-order valence-electron chi connectivity index (χ1n) is 6.12. The Hall–Kier alpha value is -2.24. The van der Waals surface area contributed by atoms with Gasteiger partial charge in [-0.3, -0.25) is 14.6 Å². The fourth-order valence-electron chi connectivity index (χ4n) is 1.79. The SMILES string of the molecule is O=C(CCCc1ccncc1)ON1C(=O)CCC1=O. The lowest BCUT2D eigenvalue weighted by molar-refractivity contribution is -0.197. The Morgan fingerprint density at radius 1 is 1.21 bits per heavy atom. The molecule has 6 nitrogen and oxygen atoms in total. The fraction of sp³-hybridized carbons (Fsp3) is 0.385. The largest absolute Gasteiger partial charge is 0.333 e. The molecule has 1 saturated heterocycles. The maximum Gasteiger partial charge on any atom is 0.333 e. The molecule has 0 atom stereocenters. The van der Waals surface area contributed by atoms with E-state index >= 15 is 0 Å². The van der Waals surface area contributed by atoms with Crippen LogP contribution >= 0.6 is 0 Å². The van der Waals surface area contributed by atoms with Gasteiger partial charge in [0.05, 0.1) is 0 Å². The predicted molar refractivity (Wildman–Crippen MR) is 64.4 cm³/mol. The second kappa shape index (κ2) is 6.08. The average Bonchev–Trinajstić information content (AvgIpc) is 2.72. The number of rotatable bonds is 5. The molecule has 0 radical (unpaired) electrons. The Morgan fingerprint density at radius 2 is 1.84 bits per heavy atom. The lowest BCUT2D eigenvalue weighted by atomic mass is 10.1. The summed E-state index contributed by atoms with van der Waals surface area (Å²) in [6, 6.07) is 3.75. The van der Waals surface area contributed by atoms with Crippen molar-refractivity contribution in [2.75, 3.05) is 0 Å². The minimum absolute atomic E-state index is 0.114. The van der Waals surface area contributed by atoms with E-state index in [2.05, 4.69) is 4.98 Å². The van der Waals surface area contributed by atoms with Gasteiger partial charge in [-0.25, -0.2) is 4.79 Å². The van der Waals surface area contributed by atoms with Gasteiger partial charge in [0, 0.05) is 31.7 Å². The van der Waals surface area contributed by atoms with Crippen molar-refractivity contribution < 1.29 is 19.2 Å². The zero-order chi connectivity index (χ0) is 13.7. The van der Waals surface area contributed by atoms with Crippen LogP contribution in [0.15, 0.2) is 24.5 Å². The molecule has 2 rings (SSSR count). The second-order valence-electron chi connectivity index (χ2n) is 4.25. The summed E-state index contributed by atoms with van der Waals surface area (Å²) in [5.41, 5.74) is 1.08. The molecule has 1 aliphatic heterocycles. The molecule has 0 aliphatic carbocycles. The summed E-state index contributed by atoms with van der Waals surface area (Å²) in [6.07, 6.45) is 5.09. The molecule has 0 unspecified atom stereocenters. The molecule has 1 fully saturated rings. The number of pyridine rings is 1. The molecule has 0 saturated carbocycles. The molecule has 0 N–H and O–H groups in total. The van der Waals surface area contributed by atoms with Crippen molar-refractivity contribution in [2.24, 2.45) is 0 Å². The molecule has 1 aromatic rings. The number of hydroxylamine groups is 2.